The van der Waals surface area contributed by atoms with Crippen molar-refractivity contribution in [3.05, 3.63) is 57.0 Å². The van der Waals surface area contributed by atoms with E-state index in [9.17, 15) is 4.79 Å². The van der Waals surface area contributed by atoms with E-state index >= 15 is 0 Å². The number of rotatable bonds is 4. The minimum Gasteiger partial charge on any atom is -0.494 e. The number of hydrogen-bond donors (Lipinski definition) is 1. The molecule has 0 radical (unpaired) electrons. The molecule has 0 bridgehead atoms. The monoisotopic (exact) mass is 343 g/mol. The highest BCUT2D eigenvalue weighted by atomic mass is 35.5. The van der Waals surface area contributed by atoms with Gasteiger partial charge < -0.3 is 10.1 Å². The SMILES string of the molecule is CCOc1cccc(C(=O)Nc2cc(Cl)c(Cl)cc2Cl)c1. The molecule has 0 saturated heterocycles. The van der Waals surface area contributed by atoms with E-state index in [1.807, 2.05) is 6.92 Å². The van der Waals surface area contributed by atoms with E-state index in [1.165, 1.54) is 12.1 Å². The van der Waals surface area contributed by atoms with E-state index in [-0.39, 0.29) is 5.91 Å². The maximum Gasteiger partial charge on any atom is 0.255 e. The Labute approximate surface area is 137 Å². The van der Waals surface area contributed by atoms with Gasteiger partial charge in [0.05, 0.1) is 27.4 Å². The van der Waals surface area contributed by atoms with Crippen LogP contribution in [-0.4, -0.2) is 12.5 Å². The average molecular weight is 345 g/mol. The van der Waals surface area contributed by atoms with Gasteiger partial charge in [0.2, 0.25) is 0 Å². The predicted octanol–water partition coefficient (Wildman–Crippen LogP) is 5.30. The highest BCUT2D eigenvalue weighted by Crippen LogP contribution is 2.32. The molecule has 21 heavy (non-hydrogen) atoms. The molecular weight excluding hydrogens is 333 g/mol. The summed E-state index contributed by atoms with van der Waals surface area (Å²) in [6, 6.07) is 9.87. The number of carbonyl (C=O) groups is 1. The highest BCUT2D eigenvalue weighted by Gasteiger charge is 2.11. The number of carbonyl (C=O) groups excluding carboxylic acids is 1. The van der Waals surface area contributed by atoms with Crippen LogP contribution in [0.25, 0.3) is 0 Å². The van der Waals surface area contributed by atoms with Gasteiger partial charge in [0.1, 0.15) is 5.75 Å². The topological polar surface area (TPSA) is 38.3 Å². The minimum absolute atomic E-state index is 0.308. The van der Waals surface area contributed by atoms with Crippen LogP contribution < -0.4 is 10.1 Å². The van der Waals surface area contributed by atoms with Crippen LogP contribution in [0, 0.1) is 0 Å². The van der Waals surface area contributed by atoms with Crippen molar-refractivity contribution in [2.45, 2.75) is 6.92 Å². The van der Waals surface area contributed by atoms with Crippen LogP contribution in [0.5, 0.6) is 5.75 Å². The fraction of sp³-hybridized carbons (Fsp3) is 0.133. The number of halogens is 3. The number of benzene rings is 2. The molecule has 0 aromatic heterocycles. The molecule has 0 unspecified atom stereocenters. The first kappa shape index (κ1) is 16.0. The van der Waals surface area contributed by atoms with Gasteiger partial charge in [-0.05, 0) is 37.3 Å². The van der Waals surface area contributed by atoms with Gasteiger partial charge in [-0.25, -0.2) is 0 Å². The van der Waals surface area contributed by atoms with E-state index in [0.29, 0.717) is 38.7 Å². The molecule has 110 valence electrons. The van der Waals surface area contributed by atoms with Crippen molar-refractivity contribution >= 4 is 46.4 Å². The molecule has 0 aliphatic carbocycles. The largest absolute Gasteiger partial charge is 0.494 e. The molecule has 6 heteroatoms. The third-order valence-electron chi connectivity index (χ3n) is 2.67. The maximum absolute atomic E-state index is 12.2. The van der Waals surface area contributed by atoms with Crippen molar-refractivity contribution < 1.29 is 9.53 Å². The van der Waals surface area contributed by atoms with Gasteiger partial charge in [0, 0.05) is 5.56 Å². The third kappa shape index (κ3) is 4.03. The summed E-state index contributed by atoms with van der Waals surface area (Å²) in [5, 5.41) is 3.66. The van der Waals surface area contributed by atoms with Crippen molar-refractivity contribution in [1.29, 1.82) is 0 Å². The number of ether oxygens (including phenoxy) is 1. The molecule has 1 amide bonds. The van der Waals surface area contributed by atoms with Crippen molar-refractivity contribution in [1.82, 2.24) is 0 Å². The summed E-state index contributed by atoms with van der Waals surface area (Å²) < 4.78 is 5.36. The molecule has 0 fully saturated rings. The smallest absolute Gasteiger partial charge is 0.255 e. The zero-order valence-electron chi connectivity index (χ0n) is 11.1. The van der Waals surface area contributed by atoms with Crippen LogP contribution in [0.3, 0.4) is 0 Å². The van der Waals surface area contributed by atoms with Crippen LogP contribution >= 0.6 is 34.8 Å². The summed E-state index contributed by atoms with van der Waals surface area (Å²) in [4.78, 5) is 12.2. The molecule has 0 spiro atoms. The summed E-state index contributed by atoms with van der Waals surface area (Å²) in [7, 11) is 0. The fourth-order valence-electron chi connectivity index (χ4n) is 1.71. The lowest BCUT2D eigenvalue weighted by Crippen LogP contribution is -2.12. The fourth-order valence-corrected chi connectivity index (χ4v) is 2.30. The quantitative estimate of drug-likeness (QED) is 0.764. The lowest BCUT2D eigenvalue weighted by atomic mass is 10.2. The van der Waals surface area contributed by atoms with Gasteiger partial charge in [-0.2, -0.15) is 0 Å². The Hall–Kier alpha value is -1.42. The van der Waals surface area contributed by atoms with E-state index in [0.717, 1.165) is 0 Å². The summed E-state index contributed by atoms with van der Waals surface area (Å²) in [5.41, 5.74) is 0.862. The Balaban J connectivity index is 2.22. The summed E-state index contributed by atoms with van der Waals surface area (Å²) >= 11 is 17.8. The van der Waals surface area contributed by atoms with E-state index in [1.54, 1.807) is 24.3 Å². The van der Waals surface area contributed by atoms with Crippen molar-refractivity contribution in [3.8, 4) is 5.75 Å². The first-order valence-electron chi connectivity index (χ1n) is 6.20. The third-order valence-corrected chi connectivity index (χ3v) is 3.70. The number of amides is 1. The minimum atomic E-state index is -0.308. The molecule has 2 aromatic rings. The van der Waals surface area contributed by atoms with Gasteiger partial charge in [-0.15, -0.1) is 0 Å². The van der Waals surface area contributed by atoms with Crippen molar-refractivity contribution in [2.24, 2.45) is 0 Å². The standard InChI is InChI=1S/C15H12Cl3NO2/c1-2-21-10-5-3-4-9(6-10)15(20)19-14-8-12(17)11(16)7-13(14)18/h3-8H,2H2,1H3,(H,19,20). The second-order valence-electron chi connectivity index (χ2n) is 4.16. The second kappa shape index (κ2) is 7.03. The normalized spacial score (nSPS) is 10.3. The number of nitrogens with one attached hydrogen (secondary N) is 1. The van der Waals surface area contributed by atoms with Gasteiger partial charge in [0.25, 0.3) is 5.91 Å². The maximum atomic E-state index is 12.2. The Morgan fingerprint density at radius 2 is 1.81 bits per heavy atom. The molecule has 3 nitrogen and oxygen atoms in total. The molecule has 0 saturated carbocycles. The van der Waals surface area contributed by atoms with Crippen LogP contribution in [0.2, 0.25) is 15.1 Å². The first-order valence-corrected chi connectivity index (χ1v) is 7.33. The van der Waals surface area contributed by atoms with Gasteiger partial charge in [0.15, 0.2) is 0 Å². The van der Waals surface area contributed by atoms with E-state index in [4.69, 9.17) is 39.5 Å². The lowest BCUT2D eigenvalue weighted by Gasteiger charge is -2.10. The van der Waals surface area contributed by atoms with E-state index in [2.05, 4.69) is 5.32 Å². The second-order valence-corrected chi connectivity index (χ2v) is 5.38. The summed E-state index contributed by atoms with van der Waals surface area (Å²) in [6.07, 6.45) is 0. The molecule has 1 N–H and O–H groups in total. The van der Waals surface area contributed by atoms with Crippen LogP contribution in [0.4, 0.5) is 5.69 Å². The predicted molar refractivity (Wildman–Crippen MR) is 87.0 cm³/mol. The Morgan fingerprint density at radius 3 is 2.52 bits per heavy atom. The highest BCUT2D eigenvalue weighted by molar-refractivity contribution is 6.44. The Kier molecular flexibility index (Phi) is 5.34. The summed E-state index contributed by atoms with van der Waals surface area (Å²) in [6.45, 7) is 2.41. The molecular formula is C15H12Cl3NO2. The van der Waals surface area contributed by atoms with Gasteiger partial charge in [-0.3, -0.25) is 4.79 Å². The van der Waals surface area contributed by atoms with Gasteiger partial charge >= 0.3 is 0 Å². The van der Waals surface area contributed by atoms with Crippen LogP contribution in [0.1, 0.15) is 17.3 Å². The first-order chi connectivity index (χ1) is 10.0. The summed E-state index contributed by atoms with van der Waals surface area (Å²) in [5.74, 6) is 0.322. The molecule has 0 aliphatic heterocycles. The van der Waals surface area contributed by atoms with Crippen molar-refractivity contribution in [3.63, 3.8) is 0 Å². The molecule has 2 aromatic carbocycles. The lowest BCUT2D eigenvalue weighted by molar-refractivity contribution is 0.102. The van der Waals surface area contributed by atoms with E-state index < -0.39 is 0 Å². The molecule has 0 heterocycles. The van der Waals surface area contributed by atoms with Crippen LogP contribution in [0.15, 0.2) is 36.4 Å². The Bertz CT molecular complexity index is 674. The van der Waals surface area contributed by atoms with Crippen molar-refractivity contribution in [2.75, 3.05) is 11.9 Å². The molecule has 0 atom stereocenters. The average Bonchev–Trinajstić information content (AvgIpc) is 2.45. The zero-order chi connectivity index (χ0) is 15.4. The Morgan fingerprint density at radius 1 is 1.10 bits per heavy atom. The molecule has 0 aliphatic rings. The number of hydrogen-bond acceptors (Lipinski definition) is 2. The molecule has 2 rings (SSSR count). The van der Waals surface area contributed by atoms with Gasteiger partial charge in [-0.1, -0.05) is 40.9 Å². The number of anilines is 1. The zero-order valence-corrected chi connectivity index (χ0v) is 13.4. The van der Waals surface area contributed by atoms with Crippen LogP contribution in [-0.2, 0) is 0 Å².